The van der Waals surface area contributed by atoms with E-state index in [9.17, 15) is 5.11 Å². The first kappa shape index (κ1) is 25.5. The molecule has 3 N–H and O–H groups in total. The van der Waals surface area contributed by atoms with Gasteiger partial charge in [-0.2, -0.15) is 0 Å². The Hall–Kier alpha value is -2.75. The Bertz CT molecular complexity index is 1210. The number of ether oxygens (including phenoxy) is 1. The van der Waals surface area contributed by atoms with E-state index in [1.165, 1.54) is 36.9 Å². The van der Waals surface area contributed by atoms with Gasteiger partial charge in [-0.3, -0.25) is 0 Å². The summed E-state index contributed by atoms with van der Waals surface area (Å²) in [5.41, 5.74) is 5.46. The number of hydrogen-bond donors (Lipinski definition) is 3. The standard InChI is InChI=1S/C29H38N6O2S/c36-14-16-38-33-23-5-6-25-26-19-31-29(32-26)22-7-10-30-28(17-22)35-11-1-3-21(20-35)4-2-15-37-24-8-12-34(13-9-24)27(25)18-23/h5-7,10,17-19,21,24,33,36H,1-4,8-9,11-16,20H2,(H,31,32). The molecule has 202 valence electrons. The van der Waals surface area contributed by atoms with E-state index in [4.69, 9.17) is 14.7 Å². The number of benzene rings is 1. The molecule has 9 heteroatoms. The number of fused-ring (bicyclic) bond motifs is 5. The van der Waals surface area contributed by atoms with Crippen molar-refractivity contribution in [3.05, 3.63) is 42.7 Å². The largest absolute Gasteiger partial charge is 0.395 e. The molecule has 1 atom stereocenters. The normalized spacial score (nSPS) is 21.8. The lowest BCUT2D eigenvalue weighted by Gasteiger charge is -2.35. The number of anilines is 3. The van der Waals surface area contributed by atoms with E-state index < -0.39 is 0 Å². The zero-order valence-electron chi connectivity index (χ0n) is 21.9. The van der Waals surface area contributed by atoms with E-state index in [2.05, 4.69) is 43.8 Å². The molecule has 8 bridgehead atoms. The highest BCUT2D eigenvalue weighted by atomic mass is 32.2. The predicted molar refractivity (Wildman–Crippen MR) is 156 cm³/mol. The maximum Gasteiger partial charge on any atom is 0.137 e. The van der Waals surface area contributed by atoms with Gasteiger partial charge in [-0.1, -0.05) is 11.9 Å². The summed E-state index contributed by atoms with van der Waals surface area (Å²) in [5.74, 6) is 3.26. The minimum Gasteiger partial charge on any atom is -0.395 e. The van der Waals surface area contributed by atoms with Gasteiger partial charge in [0.25, 0.3) is 0 Å². The van der Waals surface area contributed by atoms with Crippen LogP contribution in [0.1, 0.15) is 38.5 Å². The van der Waals surface area contributed by atoms with Crippen LogP contribution >= 0.6 is 11.9 Å². The third kappa shape index (κ3) is 5.80. The maximum absolute atomic E-state index is 9.18. The van der Waals surface area contributed by atoms with Crippen molar-refractivity contribution in [2.45, 2.75) is 44.6 Å². The van der Waals surface area contributed by atoms with Crippen molar-refractivity contribution in [1.82, 2.24) is 15.0 Å². The SMILES string of the molecule is OCCSNc1ccc2c(c1)N1CCC(CC1)OCCCC1CCCN(C1)c1cc(ccn1)-c1ncc-2[nH]1. The average Bonchev–Trinajstić information content (AvgIpc) is 3.46. The number of piperidine rings is 2. The third-order valence-corrected chi connectivity index (χ3v) is 8.77. The minimum absolute atomic E-state index is 0.155. The molecule has 0 aliphatic carbocycles. The molecule has 2 aromatic heterocycles. The van der Waals surface area contributed by atoms with E-state index in [1.807, 2.05) is 18.5 Å². The molecular weight excluding hydrogens is 496 g/mol. The Morgan fingerprint density at radius 1 is 1.03 bits per heavy atom. The zero-order chi connectivity index (χ0) is 25.7. The van der Waals surface area contributed by atoms with Crippen molar-refractivity contribution in [1.29, 1.82) is 0 Å². The summed E-state index contributed by atoms with van der Waals surface area (Å²) in [6.45, 7) is 5.08. The molecule has 7 rings (SSSR count). The van der Waals surface area contributed by atoms with Crippen LogP contribution in [-0.4, -0.2) is 71.3 Å². The second-order valence-corrected chi connectivity index (χ2v) is 11.5. The first-order chi connectivity index (χ1) is 18.8. The summed E-state index contributed by atoms with van der Waals surface area (Å²) in [5, 5.41) is 9.18. The lowest BCUT2D eigenvalue weighted by molar-refractivity contribution is 0.0330. The van der Waals surface area contributed by atoms with Crippen LogP contribution in [0.15, 0.2) is 42.7 Å². The fraction of sp³-hybridized carbons (Fsp3) is 0.517. The van der Waals surface area contributed by atoms with Gasteiger partial charge in [-0.25, -0.2) is 9.97 Å². The van der Waals surface area contributed by atoms with Crippen LogP contribution in [0.3, 0.4) is 0 Å². The van der Waals surface area contributed by atoms with Crippen molar-refractivity contribution in [2.75, 3.05) is 59.7 Å². The number of aliphatic hydroxyl groups excluding tert-OH is 1. The highest BCUT2D eigenvalue weighted by Gasteiger charge is 2.25. The van der Waals surface area contributed by atoms with Gasteiger partial charge in [0, 0.05) is 67.2 Å². The molecule has 0 radical (unpaired) electrons. The Morgan fingerprint density at radius 2 is 1.92 bits per heavy atom. The Morgan fingerprint density at radius 3 is 2.82 bits per heavy atom. The number of aliphatic hydroxyl groups is 1. The van der Waals surface area contributed by atoms with Crippen LogP contribution in [0.5, 0.6) is 0 Å². The molecule has 4 aliphatic rings. The molecule has 1 unspecified atom stereocenters. The molecule has 3 aromatic rings. The number of aromatic nitrogens is 3. The quantitative estimate of drug-likeness (QED) is 0.311. The van der Waals surface area contributed by atoms with Crippen LogP contribution < -0.4 is 14.5 Å². The monoisotopic (exact) mass is 534 g/mol. The van der Waals surface area contributed by atoms with E-state index >= 15 is 0 Å². The third-order valence-electron chi connectivity index (χ3n) is 8.00. The number of rotatable bonds is 4. The van der Waals surface area contributed by atoms with Gasteiger partial charge in [0.1, 0.15) is 11.6 Å². The Balaban J connectivity index is 1.34. The molecule has 38 heavy (non-hydrogen) atoms. The van der Waals surface area contributed by atoms with E-state index in [0.717, 1.165) is 86.2 Å². The topological polar surface area (TPSA) is 89.5 Å². The van der Waals surface area contributed by atoms with Gasteiger partial charge in [-0.15, -0.1) is 0 Å². The second-order valence-electron chi connectivity index (χ2n) is 10.6. The van der Waals surface area contributed by atoms with Crippen molar-refractivity contribution in [3.8, 4) is 22.6 Å². The second kappa shape index (κ2) is 12.0. The van der Waals surface area contributed by atoms with E-state index in [0.29, 0.717) is 17.8 Å². The maximum atomic E-state index is 9.18. The van der Waals surface area contributed by atoms with Gasteiger partial charge in [0.2, 0.25) is 0 Å². The highest BCUT2D eigenvalue weighted by Crippen LogP contribution is 2.36. The lowest BCUT2D eigenvalue weighted by atomic mass is 9.93. The van der Waals surface area contributed by atoms with Crippen LogP contribution in [0.25, 0.3) is 22.6 Å². The van der Waals surface area contributed by atoms with Gasteiger partial charge < -0.3 is 29.3 Å². The van der Waals surface area contributed by atoms with Gasteiger partial charge in [0.15, 0.2) is 0 Å². The average molecular weight is 535 g/mol. The highest BCUT2D eigenvalue weighted by molar-refractivity contribution is 8.00. The summed E-state index contributed by atoms with van der Waals surface area (Å²) in [6, 6.07) is 10.7. The Kier molecular flexibility index (Phi) is 8.04. The number of nitrogens with one attached hydrogen (secondary N) is 2. The number of pyridine rings is 1. The van der Waals surface area contributed by atoms with Gasteiger partial charge in [-0.05, 0) is 74.8 Å². The van der Waals surface area contributed by atoms with Crippen molar-refractivity contribution >= 4 is 29.1 Å². The number of H-pyrrole nitrogens is 1. The first-order valence-electron chi connectivity index (χ1n) is 14.0. The number of nitrogens with zero attached hydrogens (tertiary/aromatic N) is 4. The molecular formula is C29H38N6O2S. The summed E-state index contributed by atoms with van der Waals surface area (Å²) in [4.78, 5) is 18.1. The number of imidazole rings is 1. The summed E-state index contributed by atoms with van der Waals surface area (Å²) in [6.07, 6.45) is 11.1. The summed E-state index contributed by atoms with van der Waals surface area (Å²) < 4.78 is 9.74. The van der Waals surface area contributed by atoms with E-state index in [-0.39, 0.29) is 6.61 Å². The molecule has 2 fully saturated rings. The molecule has 0 spiro atoms. The molecule has 6 heterocycles. The minimum atomic E-state index is 0.155. The summed E-state index contributed by atoms with van der Waals surface area (Å²) in [7, 11) is 0. The van der Waals surface area contributed by atoms with Crippen LogP contribution in [-0.2, 0) is 4.74 Å². The number of hydrogen-bond acceptors (Lipinski definition) is 8. The molecule has 0 amide bonds. The van der Waals surface area contributed by atoms with Crippen molar-refractivity contribution in [3.63, 3.8) is 0 Å². The van der Waals surface area contributed by atoms with Crippen molar-refractivity contribution < 1.29 is 9.84 Å². The predicted octanol–water partition coefficient (Wildman–Crippen LogP) is 5.19. The van der Waals surface area contributed by atoms with Gasteiger partial charge in [0.05, 0.1) is 24.6 Å². The zero-order valence-corrected chi connectivity index (χ0v) is 22.8. The Labute approximate surface area is 229 Å². The van der Waals surface area contributed by atoms with Crippen LogP contribution in [0, 0.1) is 5.92 Å². The fourth-order valence-corrected chi connectivity index (χ4v) is 6.49. The van der Waals surface area contributed by atoms with Gasteiger partial charge >= 0.3 is 0 Å². The summed E-state index contributed by atoms with van der Waals surface area (Å²) >= 11 is 1.52. The molecule has 2 saturated heterocycles. The molecule has 0 saturated carbocycles. The number of aromatic amines is 1. The fourth-order valence-electron chi connectivity index (χ4n) is 6.00. The van der Waals surface area contributed by atoms with Crippen molar-refractivity contribution in [2.24, 2.45) is 5.92 Å². The molecule has 1 aromatic carbocycles. The van der Waals surface area contributed by atoms with Crippen LogP contribution in [0.4, 0.5) is 17.2 Å². The molecule has 8 nitrogen and oxygen atoms in total. The smallest absolute Gasteiger partial charge is 0.137 e. The molecule has 4 aliphatic heterocycles. The van der Waals surface area contributed by atoms with Crippen LogP contribution in [0.2, 0.25) is 0 Å². The van der Waals surface area contributed by atoms with E-state index in [1.54, 1.807) is 0 Å². The first-order valence-corrected chi connectivity index (χ1v) is 15.0. The lowest BCUT2D eigenvalue weighted by Crippen LogP contribution is -2.37.